The van der Waals surface area contributed by atoms with E-state index >= 15 is 0 Å². The van der Waals surface area contributed by atoms with Crippen LogP contribution in [-0.4, -0.2) is 10.2 Å². The predicted octanol–water partition coefficient (Wildman–Crippen LogP) is 5.94. The van der Waals surface area contributed by atoms with Crippen LogP contribution >= 0.6 is 23.2 Å². The minimum Gasteiger partial charge on any atom is -0.373 e. The van der Waals surface area contributed by atoms with Gasteiger partial charge in [0.2, 0.25) is 0 Å². The number of benzene rings is 2. The maximum atomic E-state index is 13.4. The fourth-order valence-corrected chi connectivity index (χ4v) is 2.99. The highest BCUT2D eigenvalue weighted by molar-refractivity contribution is 6.36. The van der Waals surface area contributed by atoms with E-state index in [1.165, 1.54) is 30.6 Å². The van der Waals surface area contributed by atoms with Crippen LogP contribution in [0.3, 0.4) is 0 Å². The second-order valence-corrected chi connectivity index (χ2v) is 6.16. The quantitative estimate of drug-likeness (QED) is 0.583. The monoisotopic (exact) mass is 385 g/mol. The Morgan fingerprint density at radius 1 is 1.08 bits per heavy atom. The summed E-state index contributed by atoms with van der Waals surface area (Å²) in [6, 6.07) is 9.34. The largest absolute Gasteiger partial charge is 0.416 e. The number of anilines is 1. The predicted molar refractivity (Wildman–Crippen MR) is 92.0 cm³/mol. The minimum absolute atomic E-state index is 0.0717. The van der Waals surface area contributed by atoms with Crippen molar-refractivity contribution in [2.24, 2.45) is 0 Å². The summed E-state index contributed by atoms with van der Waals surface area (Å²) in [6.07, 6.45) is -1.48. The normalized spacial score (nSPS) is 12.8. The Kier molecular flexibility index (Phi) is 4.92. The van der Waals surface area contributed by atoms with Crippen molar-refractivity contribution in [1.82, 2.24) is 10.2 Å². The fraction of sp³-hybridized carbons (Fsp3) is 0.118. The third-order valence-corrected chi connectivity index (χ3v) is 4.21. The molecule has 0 aliphatic heterocycles. The number of nitrogens with one attached hydrogen (secondary N) is 2. The molecule has 1 heterocycles. The van der Waals surface area contributed by atoms with Crippen LogP contribution in [0.25, 0.3) is 0 Å². The highest BCUT2D eigenvalue weighted by Crippen LogP contribution is 2.38. The molecule has 1 aromatic heterocycles. The maximum Gasteiger partial charge on any atom is 0.416 e. The van der Waals surface area contributed by atoms with Gasteiger partial charge < -0.3 is 5.32 Å². The van der Waals surface area contributed by atoms with Crippen LogP contribution in [-0.2, 0) is 6.18 Å². The number of hydrogen-bond donors (Lipinski definition) is 2. The lowest BCUT2D eigenvalue weighted by atomic mass is 9.95. The molecule has 2 aromatic carbocycles. The number of halogens is 5. The Labute approximate surface area is 151 Å². The van der Waals surface area contributed by atoms with Crippen molar-refractivity contribution in [1.29, 1.82) is 0 Å². The van der Waals surface area contributed by atoms with E-state index in [1.807, 2.05) is 0 Å². The molecular formula is C17H12Cl2F3N3. The zero-order chi connectivity index (χ0) is 18.0. The summed E-state index contributed by atoms with van der Waals surface area (Å²) in [4.78, 5) is 0. The molecule has 0 radical (unpaired) electrons. The molecule has 0 saturated carbocycles. The number of aromatic nitrogens is 2. The van der Waals surface area contributed by atoms with Crippen LogP contribution in [0, 0.1) is 0 Å². The SMILES string of the molecule is FC(F)(F)c1ccccc1C(Nc1ccc(Cl)cc1Cl)c1cn[nH]c1. The molecule has 25 heavy (non-hydrogen) atoms. The molecule has 0 spiro atoms. The molecule has 130 valence electrons. The van der Waals surface area contributed by atoms with Crippen LogP contribution in [0.2, 0.25) is 10.0 Å². The van der Waals surface area contributed by atoms with E-state index in [0.29, 0.717) is 21.3 Å². The Balaban J connectivity index is 2.09. The van der Waals surface area contributed by atoms with Crippen LogP contribution in [0.15, 0.2) is 54.9 Å². The first-order chi connectivity index (χ1) is 11.9. The van der Waals surface area contributed by atoms with Gasteiger partial charge in [0.1, 0.15) is 0 Å². The highest BCUT2D eigenvalue weighted by atomic mass is 35.5. The van der Waals surface area contributed by atoms with Crippen molar-refractivity contribution >= 4 is 28.9 Å². The molecule has 1 unspecified atom stereocenters. The van der Waals surface area contributed by atoms with E-state index in [2.05, 4.69) is 15.5 Å². The Hall–Kier alpha value is -2.18. The van der Waals surface area contributed by atoms with E-state index in [0.717, 1.165) is 6.07 Å². The molecule has 0 fully saturated rings. The van der Waals surface area contributed by atoms with Crippen LogP contribution in [0.4, 0.5) is 18.9 Å². The number of H-pyrrole nitrogens is 1. The minimum atomic E-state index is -4.48. The summed E-state index contributed by atoms with van der Waals surface area (Å²) < 4.78 is 40.3. The molecule has 0 aliphatic carbocycles. The zero-order valence-electron chi connectivity index (χ0n) is 12.6. The summed E-state index contributed by atoms with van der Waals surface area (Å²) in [5, 5.41) is 10.3. The van der Waals surface area contributed by atoms with Gasteiger partial charge in [0.25, 0.3) is 0 Å². The van der Waals surface area contributed by atoms with Crippen molar-refractivity contribution in [2.75, 3.05) is 5.32 Å². The van der Waals surface area contributed by atoms with Crippen LogP contribution < -0.4 is 5.32 Å². The second kappa shape index (κ2) is 6.98. The van der Waals surface area contributed by atoms with Gasteiger partial charge in [-0.1, -0.05) is 41.4 Å². The molecule has 0 saturated heterocycles. The highest BCUT2D eigenvalue weighted by Gasteiger charge is 2.35. The first kappa shape index (κ1) is 17.6. The molecule has 3 rings (SSSR count). The molecule has 0 bridgehead atoms. The van der Waals surface area contributed by atoms with Crippen LogP contribution in [0.5, 0.6) is 0 Å². The smallest absolute Gasteiger partial charge is 0.373 e. The van der Waals surface area contributed by atoms with Crippen molar-refractivity contribution in [3.8, 4) is 0 Å². The molecule has 3 nitrogen and oxygen atoms in total. The maximum absolute atomic E-state index is 13.4. The van der Waals surface area contributed by atoms with Gasteiger partial charge in [-0.05, 0) is 29.8 Å². The van der Waals surface area contributed by atoms with E-state index in [4.69, 9.17) is 23.2 Å². The standard InChI is InChI=1S/C17H12Cl2F3N3/c18-11-5-6-15(14(19)7-11)25-16(10-8-23-24-9-10)12-3-1-2-4-13(12)17(20,21)22/h1-9,16,25H,(H,23,24). The molecule has 0 aliphatic rings. The van der Waals surface area contributed by atoms with E-state index in [1.54, 1.807) is 18.2 Å². The van der Waals surface area contributed by atoms with Gasteiger partial charge in [-0.3, -0.25) is 5.10 Å². The summed E-state index contributed by atoms with van der Waals surface area (Å²) in [5.41, 5.74) is 0.359. The van der Waals surface area contributed by atoms with Crippen molar-refractivity contribution in [3.05, 3.63) is 81.6 Å². The fourth-order valence-electron chi connectivity index (χ4n) is 2.53. The number of rotatable bonds is 4. The van der Waals surface area contributed by atoms with E-state index < -0.39 is 17.8 Å². The zero-order valence-corrected chi connectivity index (χ0v) is 14.1. The molecule has 2 N–H and O–H groups in total. The Bertz CT molecular complexity index is 864. The third kappa shape index (κ3) is 3.91. The molecule has 1 atom stereocenters. The average molecular weight is 386 g/mol. The van der Waals surface area contributed by atoms with Crippen molar-refractivity contribution in [2.45, 2.75) is 12.2 Å². The van der Waals surface area contributed by atoms with Gasteiger partial charge in [-0.25, -0.2) is 0 Å². The Morgan fingerprint density at radius 2 is 1.84 bits per heavy atom. The van der Waals surface area contributed by atoms with Gasteiger partial charge in [-0.15, -0.1) is 0 Å². The van der Waals surface area contributed by atoms with Gasteiger partial charge in [0.05, 0.1) is 28.5 Å². The first-order valence-electron chi connectivity index (χ1n) is 7.22. The lowest BCUT2D eigenvalue weighted by Crippen LogP contribution is -2.18. The van der Waals surface area contributed by atoms with E-state index in [9.17, 15) is 13.2 Å². The lowest BCUT2D eigenvalue weighted by Gasteiger charge is -2.23. The average Bonchev–Trinajstić information content (AvgIpc) is 3.07. The van der Waals surface area contributed by atoms with Crippen molar-refractivity contribution in [3.63, 3.8) is 0 Å². The summed E-state index contributed by atoms with van der Waals surface area (Å²) >= 11 is 12.0. The van der Waals surface area contributed by atoms with Gasteiger partial charge in [0.15, 0.2) is 0 Å². The molecule has 8 heteroatoms. The molecule has 0 amide bonds. The van der Waals surface area contributed by atoms with Gasteiger partial charge in [-0.2, -0.15) is 18.3 Å². The first-order valence-corrected chi connectivity index (χ1v) is 7.98. The van der Waals surface area contributed by atoms with Gasteiger partial charge >= 0.3 is 6.18 Å². The third-order valence-electron chi connectivity index (χ3n) is 3.66. The van der Waals surface area contributed by atoms with Crippen molar-refractivity contribution < 1.29 is 13.2 Å². The Morgan fingerprint density at radius 3 is 2.48 bits per heavy atom. The lowest BCUT2D eigenvalue weighted by molar-refractivity contribution is -0.138. The summed E-state index contributed by atoms with van der Waals surface area (Å²) in [6.45, 7) is 0. The number of alkyl halides is 3. The number of aromatic amines is 1. The molecular weight excluding hydrogens is 374 g/mol. The number of hydrogen-bond acceptors (Lipinski definition) is 2. The van der Waals surface area contributed by atoms with E-state index in [-0.39, 0.29) is 5.56 Å². The van der Waals surface area contributed by atoms with Crippen LogP contribution in [0.1, 0.15) is 22.7 Å². The summed E-state index contributed by atoms with van der Waals surface area (Å²) in [5.74, 6) is 0. The molecule has 3 aromatic rings. The van der Waals surface area contributed by atoms with Gasteiger partial charge in [0, 0.05) is 16.8 Å². The second-order valence-electron chi connectivity index (χ2n) is 5.32. The number of nitrogens with zero attached hydrogens (tertiary/aromatic N) is 1. The summed E-state index contributed by atoms with van der Waals surface area (Å²) in [7, 11) is 0. The topological polar surface area (TPSA) is 40.7 Å².